The van der Waals surface area contributed by atoms with E-state index in [1.807, 2.05) is 12.1 Å². The third kappa shape index (κ3) is 2.54. The Balaban J connectivity index is 1.48. The van der Waals surface area contributed by atoms with Crippen molar-refractivity contribution in [2.75, 3.05) is 13.1 Å². The minimum Gasteiger partial charge on any atom is -0.340 e. The highest BCUT2D eigenvalue weighted by atomic mass is 15.2. The second-order valence-electron chi connectivity index (χ2n) is 5.70. The van der Waals surface area contributed by atoms with Gasteiger partial charge in [0.25, 0.3) is 0 Å². The van der Waals surface area contributed by atoms with Crippen LogP contribution < -0.4 is 0 Å². The molecule has 21 heavy (non-hydrogen) atoms. The van der Waals surface area contributed by atoms with Gasteiger partial charge in [-0.3, -0.25) is 4.90 Å². The van der Waals surface area contributed by atoms with Gasteiger partial charge in [-0.25, -0.2) is 9.97 Å². The summed E-state index contributed by atoms with van der Waals surface area (Å²) >= 11 is 0. The molecule has 0 unspecified atom stereocenters. The Labute approximate surface area is 123 Å². The number of nitrogens with zero attached hydrogens (tertiary/aromatic N) is 3. The zero-order valence-electron chi connectivity index (χ0n) is 11.9. The normalized spacial score (nSPS) is 19.3. The summed E-state index contributed by atoms with van der Waals surface area (Å²) in [5, 5.41) is 0. The van der Waals surface area contributed by atoms with E-state index in [0.29, 0.717) is 5.92 Å². The maximum absolute atomic E-state index is 4.64. The van der Waals surface area contributed by atoms with Gasteiger partial charge in [-0.1, -0.05) is 30.3 Å². The van der Waals surface area contributed by atoms with Crippen LogP contribution in [0.5, 0.6) is 0 Å². The van der Waals surface area contributed by atoms with Crippen LogP contribution in [0.3, 0.4) is 0 Å². The molecule has 1 aliphatic rings. The van der Waals surface area contributed by atoms with Crippen LogP contribution in [0, 0.1) is 0 Å². The van der Waals surface area contributed by atoms with E-state index >= 15 is 0 Å². The Morgan fingerprint density at radius 2 is 2.05 bits per heavy atom. The zero-order valence-corrected chi connectivity index (χ0v) is 11.9. The molecule has 0 saturated carbocycles. The highest BCUT2D eigenvalue weighted by Gasteiger charge is 2.26. The second-order valence-corrected chi connectivity index (χ2v) is 5.70. The zero-order chi connectivity index (χ0) is 14.1. The van der Waals surface area contributed by atoms with E-state index in [9.17, 15) is 0 Å². The van der Waals surface area contributed by atoms with Crippen molar-refractivity contribution in [3.8, 4) is 0 Å². The van der Waals surface area contributed by atoms with Crippen molar-refractivity contribution in [1.29, 1.82) is 0 Å². The van der Waals surface area contributed by atoms with Gasteiger partial charge < -0.3 is 4.98 Å². The van der Waals surface area contributed by atoms with Crippen molar-refractivity contribution in [3.05, 3.63) is 60.0 Å². The van der Waals surface area contributed by atoms with Gasteiger partial charge >= 0.3 is 0 Å². The number of hydrogen-bond acceptors (Lipinski definition) is 3. The lowest BCUT2D eigenvalue weighted by Crippen LogP contribution is -2.19. The van der Waals surface area contributed by atoms with Crippen LogP contribution in [0.25, 0.3) is 11.2 Å². The summed E-state index contributed by atoms with van der Waals surface area (Å²) in [5.74, 6) is 1.57. The van der Waals surface area contributed by atoms with E-state index in [-0.39, 0.29) is 0 Å². The number of pyridine rings is 1. The lowest BCUT2D eigenvalue weighted by Gasteiger charge is -2.15. The molecule has 1 atom stereocenters. The molecule has 4 rings (SSSR count). The van der Waals surface area contributed by atoms with Gasteiger partial charge in [0.15, 0.2) is 5.65 Å². The van der Waals surface area contributed by atoms with E-state index < -0.39 is 0 Å². The molecule has 4 heteroatoms. The standard InChI is InChI=1S/C17H18N4/c1-2-5-13(6-3-1)11-21-10-8-14(12-21)16-19-15-7-4-9-18-17(15)20-16/h1-7,9,14H,8,10-12H2,(H,18,19,20)/t14-/m0/s1. The van der Waals surface area contributed by atoms with Crippen LogP contribution in [0.4, 0.5) is 0 Å². The van der Waals surface area contributed by atoms with E-state index in [0.717, 1.165) is 43.0 Å². The molecule has 1 saturated heterocycles. The molecule has 1 aromatic carbocycles. The predicted molar refractivity (Wildman–Crippen MR) is 83.0 cm³/mol. The molecule has 0 spiro atoms. The van der Waals surface area contributed by atoms with Crippen LogP contribution in [-0.4, -0.2) is 32.9 Å². The Morgan fingerprint density at radius 1 is 1.14 bits per heavy atom. The number of fused-ring (bicyclic) bond motifs is 1. The van der Waals surface area contributed by atoms with Crippen molar-refractivity contribution in [2.45, 2.75) is 18.9 Å². The molecule has 0 radical (unpaired) electrons. The summed E-state index contributed by atoms with van der Waals surface area (Å²) in [4.78, 5) is 14.9. The fraction of sp³-hybridized carbons (Fsp3) is 0.294. The first-order chi connectivity index (χ1) is 10.4. The van der Waals surface area contributed by atoms with Gasteiger partial charge in [0, 0.05) is 25.2 Å². The summed E-state index contributed by atoms with van der Waals surface area (Å²) < 4.78 is 0. The van der Waals surface area contributed by atoms with Crippen LogP contribution >= 0.6 is 0 Å². The molecule has 1 N–H and O–H groups in total. The Bertz CT molecular complexity index is 702. The Morgan fingerprint density at radius 3 is 2.90 bits per heavy atom. The summed E-state index contributed by atoms with van der Waals surface area (Å²) in [5.41, 5.74) is 3.24. The van der Waals surface area contributed by atoms with Crippen LogP contribution in [-0.2, 0) is 6.54 Å². The third-order valence-electron chi connectivity index (χ3n) is 4.18. The highest BCUT2D eigenvalue weighted by Crippen LogP contribution is 2.27. The number of imidazole rings is 1. The largest absolute Gasteiger partial charge is 0.340 e. The summed E-state index contributed by atoms with van der Waals surface area (Å²) in [6.07, 6.45) is 2.95. The molecule has 0 aliphatic carbocycles. The SMILES string of the molecule is c1ccc(CN2CC[C@H](c3nc4ncccc4[nH]3)C2)cc1. The number of hydrogen-bond donors (Lipinski definition) is 1. The van der Waals surface area contributed by atoms with Crippen molar-refractivity contribution in [1.82, 2.24) is 19.9 Å². The fourth-order valence-electron chi connectivity index (χ4n) is 3.10. The number of aromatic amines is 1. The first-order valence-electron chi connectivity index (χ1n) is 7.45. The van der Waals surface area contributed by atoms with Gasteiger partial charge in [0.05, 0.1) is 5.52 Å². The van der Waals surface area contributed by atoms with Crippen LogP contribution in [0.1, 0.15) is 23.7 Å². The maximum atomic E-state index is 4.64. The Hall–Kier alpha value is -2.20. The molecule has 4 nitrogen and oxygen atoms in total. The molecular formula is C17H18N4. The number of rotatable bonds is 3. The minimum absolute atomic E-state index is 0.489. The average molecular weight is 278 g/mol. The van der Waals surface area contributed by atoms with Crippen molar-refractivity contribution >= 4 is 11.2 Å². The van der Waals surface area contributed by atoms with Gasteiger partial charge in [-0.15, -0.1) is 0 Å². The molecule has 1 aliphatic heterocycles. The Kier molecular flexibility index (Phi) is 3.16. The fourth-order valence-corrected chi connectivity index (χ4v) is 3.10. The van der Waals surface area contributed by atoms with Crippen molar-refractivity contribution in [2.24, 2.45) is 0 Å². The number of likely N-dealkylation sites (tertiary alicyclic amines) is 1. The third-order valence-corrected chi connectivity index (χ3v) is 4.18. The van der Waals surface area contributed by atoms with E-state index in [4.69, 9.17) is 0 Å². The van der Waals surface area contributed by atoms with E-state index in [1.165, 1.54) is 5.56 Å². The van der Waals surface area contributed by atoms with Gasteiger partial charge in [-0.05, 0) is 30.7 Å². The molecule has 3 aromatic rings. The molecule has 2 aromatic heterocycles. The quantitative estimate of drug-likeness (QED) is 0.801. The van der Waals surface area contributed by atoms with E-state index in [2.05, 4.69) is 50.2 Å². The molecule has 3 heterocycles. The van der Waals surface area contributed by atoms with E-state index in [1.54, 1.807) is 6.20 Å². The number of nitrogens with one attached hydrogen (secondary N) is 1. The predicted octanol–water partition coefficient (Wildman–Crippen LogP) is 2.95. The number of H-pyrrole nitrogens is 1. The number of benzene rings is 1. The monoisotopic (exact) mass is 278 g/mol. The lowest BCUT2D eigenvalue weighted by atomic mass is 10.1. The topological polar surface area (TPSA) is 44.8 Å². The van der Waals surface area contributed by atoms with Crippen LogP contribution in [0.15, 0.2) is 48.7 Å². The maximum Gasteiger partial charge on any atom is 0.177 e. The van der Waals surface area contributed by atoms with Gasteiger partial charge in [0.1, 0.15) is 5.82 Å². The molecule has 0 bridgehead atoms. The molecule has 106 valence electrons. The summed E-state index contributed by atoms with van der Waals surface area (Å²) in [7, 11) is 0. The molecule has 1 fully saturated rings. The average Bonchev–Trinajstić information content (AvgIpc) is 3.14. The lowest BCUT2D eigenvalue weighted by molar-refractivity contribution is 0.326. The second kappa shape index (κ2) is 5.30. The van der Waals surface area contributed by atoms with Gasteiger partial charge in [0.2, 0.25) is 0 Å². The smallest absolute Gasteiger partial charge is 0.177 e. The minimum atomic E-state index is 0.489. The highest BCUT2D eigenvalue weighted by molar-refractivity contribution is 5.70. The first kappa shape index (κ1) is 12.5. The number of aromatic nitrogens is 3. The first-order valence-corrected chi connectivity index (χ1v) is 7.45. The molecule has 0 amide bonds. The summed E-state index contributed by atoms with van der Waals surface area (Å²) in [6, 6.07) is 14.6. The summed E-state index contributed by atoms with van der Waals surface area (Å²) in [6.45, 7) is 3.22. The van der Waals surface area contributed by atoms with Crippen molar-refractivity contribution < 1.29 is 0 Å². The van der Waals surface area contributed by atoms with Crippen molar-refractivity contribution in [3.63, 3.8) is 0 Å². The molecular weight excluding hydrogens is 260 g/mol. The van der Waals surface area contributed by atoms with Gasteiger partial charge in [-0.2, -0.15) is 0 Å². The van der Waals surface area contributed by atoms with Crippen LogP contribution in [0.2, 0.25) is 0 Å².